The first-order valence-corrected chi connectivity index (χ1v) is 22.3. The molecule has 0 radical (unpaired) electrons. The van der Waals surface area contributed by atoms with Crippen LogP contribution in [0, 0.1) is 0 Å². The first-order valence-electron chi connectivity index (χ1n) is 22.3. The summed E-state index contributed by atoms with van der Waals surface area (Å²) in [5.74, 6) is -81.0. The van der Waals surface area contributed by atoms with Crippen LogP contribution in [0.15, 0.2) is 60.7 Å². The van der Waals surface area contributed by atoms with Crippen LogP contribution >= 0.6 is 0 Å². The fourth-order valence-corrected chi connectivity index (χ4v) is 8.73. The highest BCUT2D eigenvalue weighted by Gasteiger charge is 2.92. The molecule has 4 saturated heterocycles. The van der Waals surface area contributed by atoms with E-state index in [9.17, 15) is 96.6 Å². The molecular formula is C44H40F26O8. The van der Waals surface area contributed by atoms with Gasteiger partial charge in [0.05, 0.1) is 12.2 Å². The van der Waals surface area contributed by atoms with Crippen molar-refractivity contribution < 1.29 is 152 Å². The molecule has 10 atom stereocenters. The van der Waals surface area contributed by atoms with Crippen molar-refractivity contribution in [2.75, 3.05) is 0 Å². The van der Waals surface area contributed by atoms with Crippen LogP contribution in [-0.4, -0.2) is 132 Å². The summed E-state index contributed by atoms with van der Waals surface area (Å²) in [7, 11) is 0. The molecule has 8 nitrogen and oxygen atoms in total. The first-order chi connectivity index (χ1) is 35.0. The molecule has 4 aliphatic heterocycles. The van der Waals surface area contributed by atoms with E-state index in [1.807, 2.05) is 0 Å². The maximum atomic E-state index is 15.3. The van der Waals surface area contributed by atoms with Gasteiger partial charge in [0.1, 0.15) is 36.6 Å². The molecular weight excluding hydrogens is 1150 g/mol. The predicted octanol–water partition coefficient (Wildman–Crippen LogP) is 14.0. The van der Waals surface area contributed by atoms with E-state index < -0.39 is 170 Å². The summed E-state index contributed by atoms with van der Waals surface area (Å²) in [6.45, 7) is 4.80. The lowest BCUT2D eigenvalue weighted by Gasteiger charge is -2.40. The van der Waals surface area contributed by atoms with E-state index in [2.05, 4.69) is 0 Å². The summed E-state index contributed by atoms with van der Waals surface area (Å²) < 4.78 is 412. The van der Waals surface area contributed by atoms with Crippen molar-refractivity contribution >= 4 is 0 Å². The Morgan fingerprint density at radius 2 is 0.654 bits per heavy atom. The maximum Gasteiger partial charge on any atom is 0.460 e. The van der Waals surface area contributed by atoms with Crippen molar-refractivity contribution in [1.82, 2.24) is 0 Å². The van der Waals surface area contributed by atoms with Gasteiger partial charge < -0.3 is 37.9 Å². The lowest BCUT2D eigenvalue weighted by atomic mass is 9.90. The molecule has 4 aliphatic rings. The minimum Gasteiger partial charge on any atom is -0.362 e. The van der Waals surface area contributed by atoms with Gasteiger partial charge in [0.15, 0.2) is 24.2 Å². The van der Waals surface area contributed by atoms with Gasteiger partial charge in [-0.3, -0.25) is 0 Å². The zero-order chi connectivity index (χ0) is 59.5. The molecule has 0 spiro atoms. The molecule has 4 fully saturated rings. The van der Waals surface area contributed by atoms with Crippen LogP contribution < -0.4 is 0 Å². The predicted molar refractivity (Wildman–Crippen MR) is 206 cm³/mol. The molecule has 0 N–H and O–H groups in total. The molecule has 78 heavy (non-hydrogen) atoms. The SMILES string of the molecule is CC1(C)O[C@H]2O[C@H](CCC(F)(F)C(F)(F)C(F)(F)C(F)(F)C(F)(F)C(F)(F)F)[C@H](O[C@H](c3ccccc3)[C@@H](O[C@@H]3[C@H]4OC(C)(C)O[C@H]4O[C@@H]3CCC(F)(F)C(F)(F)C(F)(F)C(F)(F)C(F)(F)C(F)(F)F)c3ccccc3)[C@H]2O1. The third kappa shape index (κ3) is 10.6. The monoisotopic (exact) mass is 1190 g/mol. The molecule has 0 amide bonds. The summed E-state index contributed by atoms with van der Waals surface area (Å²) in [6, 6.07) is 12.7. The highest BCUT2D eigenvalue weighted by Crippen LogP contribution is 2.63. The summed E-state index contributed by atoms with van der Waals surface area (Å²) >= 11 is 0. The van der Waals surface area contributed by atoms with Crippen LogP contribution in [0.2, 0.25) is 0 Å². The second-order valence-electron chi connectivity index (χ2n) is 19.2. The van der Waals surface area contributed by atoms with Crippen LogP contribution in [0.5, 0.6) is 0 Å². The zero-order valence-electron chi connectivity index (χ0n) is 39.5. The maximum absolute atomic E-state index is 15.3. The lowest BCUT2D eigenvalue weighted by molar-refractivity contribution is -0.440. The third-order valence-electron chi connectivity index (χ3n) is 12.8. The van der Waals surface area contributed by atoms with Crippen molar-refractivity contribution in [2.45, 2.75) is 198 Å². The highest BCUT2D eigenvalue weighted by atomic mass is 19.4. The van der Waals surface area contributed by atoms with Crippen molar-refractivity contribution in [3.8, 4) is 0 Å². The van der Waals surface area contributed by atoms with Crippen molar-refractivity contribution in [3.05, 3.63) is 71.8 Å². The average molecular weight is 1190 g/mol. The van der Waals surface area contributed by atoms with E-state index in [0.29, 0.717) is 0 Å². The van der Waals surface area contributed by atoms with E-state index in [4.69, 9.17) is 37.9 Å². The molecule has 0 aromatic heterocycles. The minimum atomic E-state index is -8.23. The van der Waals surface area contributed by atoms with Gasteiger partial charge in [-0.05, 0) is 51.7 Å². The van der Waals surface area contributed by atoms with Gasteiger partial charge in [-0.1, -0.05) is 60.7 Å². The summed E-state index contributed by atoms with van der Waals surface area (Å²) in [5, 5.41) is 0. The normalized spacial score (nSPS) is 27.7. The minimum absolute atomic E-state index is 0.128. The van der Waals surface area contributed by atoms with Gasteiger partial charge in [0.25, 0.3) is 0 Å². The number of ether oxygens (including phenoxy) is 8. The van der Waals surface area contributed by atoms with E-state index >= 15 is 17.6 Å². The Morgan fingerprint density at radius 1 is 0.385 bits per heavy atom. The Bertz CT molecular complexity index is 2220. The van der Waals surface area contributed by atoms with E-state index in [1.165, 1.54) is 88.4 Å². The van der Waals surface area contributed by atoms with E-state index in [-0.39, 0.29) is 11.1 Å². The van der Waals surface area contributed by atoms with Gasteiger partial charge >= 0.3 is 71.6 Å². The average Bonchev–Trinajstić information content (AvgIpc) is 3.98. The number of hydrogen-bond donors (Lipinski definition) is 0. The number of benzene rings is 2. The fraction of sp³-hybridized carbons (Fsp3) is 0.727. The largest absolute Gasteiger partial charge is 0.460 e. The number of halogens is 26. The van der Waals surface area contributed by atoms with Gasteiger partial charge in [-0.15, -0.1) is 0 Å². The van der Waals surface area contributed by atoms with Gasteiger partial charge in [0, 0.05) is 12.8 Å². The van der Waals surface area contributed by atoms with Gasteiger partial charge in [-0.2, -0.15) is 114 Å². The third-order valence-corrected chi connectivity index (χ3v) is 12.8. The Labute approximate surface area is 421 Å². The zero-order valence-corrected chi connectivity index (χ0v) is 39.5. The topological polar surface area (TPSA) is 73.8 Å². The molecule has 446 valence electrons. The van der Waals surface area contributed by atoms with Crippen LogP contribution in [-0.2, 0) is 37.9 Å². The molecule has 0 bridgehead atoms. The quantitative estimate of drug-likeness (QED) is 0.115. The Kier molecular flexibility index (Phi) is 16.3. The Morgan fingerprint density at radius 3 is 0.923 bits per heavy atom. The molecule has 2 aromatic carbocycles. The lowest BCUT2D eigenvalue weighted by Crippen LogP contribution is -2.70. The molecule has 6 rings (SSSR count). The number of hydrogen-bond acceptors (Lipinski definition) is 8. The van der Waals surface area contributed by atoms with Crippen LogP contribution in [0.4, 0.5) is 114 Å². The molecule has 34 heteroatoms. The molecule has 4 heterocycles. The molecule has 0 saturated carbocycles. The standard InChI is InChI=1S/C44H40F26O8/c1-31(2)75-27-25(21(71-29(27)77-31)15-17-33(45,46)35(49,50)37(53,54)39(57,58)41(61,62)43(65,66)67)73-23(19-11-7-5-8-12-19)24(20-13-9-6-10-14-20)74-26-22(72-30-28(26)76-32(3,4)78-30)16-18-34(47,48)36(51,52)38(55,56)40(59,60)42(63,64)44(68,69)70/h5-14,21-30H,15-18H2,1-4H3/t21-,22-,23-,24+,25+,26+,27-,28-,29-,30-/m1/s1. The summed E-state index contributed by atoms with van der Waals surface area (Å²) in [5.41, 5.74) is -0.256. The van der Waals surface area contributed by atoms with Crippen molar-refractivity contribution in [1.29, 1.82) is 0 Å². The number of fused-ring (bicyclic) bond motifs is 2. The number of alkyl halides is 26. The van der Waals surface area contributed by atoms with E-state index in [0.717, 1.165) is 0 Å². The van der Waals surface area contributed by atoms with Gasteiger partial charge in [0.2, 0.25) is 0 Å². The van der Waals surface area contributed by atoms with Crippen molar-refractivity contribution in [2.24, 2.45) is 0 Å². The van der Waals surface area contributed by atoms with Crippen molar-refractivity contribution in [3.63, 3.8) is 0 Å². The molecule has 0 unspecified atom stereocenters. The summed E-state index contributed by atoms with van der Waals surface area (Å²) in [6.07, 6.45) is -44.4. The molecule has 0 aliphatic carbocycles. The van der Waals surface area contributed by atoms with Crippen LogP contribution in [0.1, 0.15) is 76.7 Å². The number of rotatable bonds is 21. The van der Waals surface area contributed by atoms with Crippen LogP contribution in [0.25, 0.3) is 0 Å². The fourth-order valence-electron chi connectivity index (χ4n) is 8.73. The Balaban J connectivity index is 1.37. The molecule has 2 aromatic rings. The van der Waals surface area contributed by atoms with Crippen LogP contribution in [0.3, 0.4) is 0 Å². The summed E-state index contributed by atoms with van der Waals surface area (Å²) in [4.78, 5) is 0. The Hall–Kier alpha value is -3.70. The van der Waals surface area contributed by atoms with Gasteiger partial charge in [-0.25, -0.2) is 0 Å². The second kappa shape index (κ2) is 20.0. The first kappa shape index (κ1) is 63.5. The van der Waals surface area contributed by atoms with E-state index in [1.54, 1.807) is 0 Å². The second-order valence-corrected chi connectivity index (χ2v) is 19.2. The smallest absolute Gasteiger partial charge is 0.362 e. The highest BCUT2D eigenvalue weighted by molar-refractivity contribution is 5.26.